The average Bonchev–Trinajstić information content (AvgIpc) is 2.33. The van der Waals surface area contributed by atoms with Crippen molar-refractivity contribution in [2.24, 2.45) is 0 Å². The second kappa shape index (κ2) is 6.72. The molecule has 2 rings (SSSR count). The molecule has 0 aliphatic heterocycles. The second-order valence-electron chi connectivity index (χ2n) is 2.78. The van der Waals surface area contributed by atoms with Crippen molar-refractivity contribution in [3.63, 3.8) is 0 Å². The van der Waals surface area contributed by atoms with Crippen molar-refractivity contribution in [1.29, 1.82) is 0 Å². The van der Waals surface area contributed by atoms with Gasteiger partial charge in [-0.1, -0.05) is 25.7 Å². The molecule has 1 aromatic rings. The second-order valence-corrected chi connectivity index (χ2v) is 2.78. The Bertz CT molecular complexity index is 180. The van der Waals surface area contributed by atoms with Gasteiger partial charge in [0, 0.05) is 0 Å². The molecule has 1 aliphatic carbocycles. The summed E-state index contributed by atoms with van der Waals surface area (Å²) >= 11 is 0. The van der Waals surface area contributed by atoms with Gasteiger partial charge in [0.25, 0.3) is 0 Å². The Morgan fingerprint density at radius 2 is 1.75 bits per heavy atom. The molecular weight excluding hydrogens is 223 g/mol. The molecule has 0 atom stereocenters. The summed E-state index contributed by atoms with van der Waals surface area (Å²) in [6, 6.07) is 6.69. The molecule has 0 nitrogen and oxygen atoms in total. The zero-order valence-corrected chi connectivity index (χ0v) is 10.5. The van der Waals surface area contributed by atoms with E-state index in [1.165, 1.54) is 25.7 Å². The van der Waals surface area contributed by atoms with Crippen LogP contribution in [0.3, 0.4) is 0 Å². The molecule has 1 heteroatoms. The van der Waals surface area contributed by atoms with E-state index in [0.717, 1.165) is 0 Å². The molecule has 1 radical (unpaired) electrons. The van der Waals surface area contributed by atoms with Gasteiger partial charge in [-0.05, 0) is 0 Å². The summed E-state index contributed by atoms with van der Waals surface area (Å²) in [6.45, 7) is 0. The van der Waals surface area contributed by atoms with Gasteiger partial charge in [0.1, 0.15) is 0 Å². The molecule has 1 aliphatic rings. The molecule has 12 heavy (non-hydrogen) atoms. The first kappa shape index (κ1) is 14.7. The quantitative estimate of drug-likeness (QED) is 0.611. The smallest absolute Gasteiger partial charge is 0.358 e. The van der Waals surface area contributed by atoms with Crippen LogP contribution in [0.15, 0.2) is 18.2 Å². The summed E-state index contributed by atoms with van der Waals surface area (Å²) in [5.74, 6) is 0. The fourth-order valence-electron chi connectivity index (χ4n) is 1.61. The first-order valence-electron chi connectivity index (χ1n) is 3.70. The molecule has 0 amide bonds. The molecule has 0 spiro atoms. The monoisotopic (exact) mass is 239 g/mol. The van der Waals surface area contributed by atoms with Crippen molar-refractivity contribution in [1.82, 2.24) is 0 Å². The minimum absolute atomic E-state index is 0. The van der Waals surface area contributed by atoms with E-state index in [9.17, 15) is 0 Å². The van der Waals surface area contributed by atoms with Crippen LogP contribution < -0.4 is 0 Å². The van der Waals surface area contributed by atoms with Crippen molar-refractivity contribution < 1.29 is 26.2 Å². The van der Waals surface area contributed by atoms with Crippen molar-refractivity contribution in [3.05, 3.63) is 44.2 Å². The summed E-state index contributed by atoms with van der Waals surface area (Å²) in [6.07, 6.45) is 5.44. The SMILES string of the molecule is [CH3-].[CH3-].[Zr+3].c1cc2c([cH-]1)CCCC2. The molecule has 0 unspecified atom stereocenters. The standard InChI is InChI=1S/C9H11.2CH3.Zr/c1-2-5-9-7-3-6-8(9)4-1;;;/h3,6-7H,1-2,4-5H2;2*1H3;/q3*-1;+3. The Morgan fingerprint density at radius 3 is 2.42 bits per heavy atom. The van der Waals surface area contributed by atoms with Gasteiger partial charge in [-0.25, -0.2) is 6.07 Å². The molecule has 1 aromatic carbocycles. The zero-order chi connectivity index (χ0) is 6.10. The number of hydrogen-bond acceptors (Lipinski definition) is 0. The van der Waals surface area contributed by atoms with Gasteiger partial charge in [-0.3, -0.25) is 0 Å². The van der Waals surface area contributed by atoms with Crippen LogP contribution in [0.2, 0.25) is 0 Å². The summed E-state index contributed by atoms with van der Waals surface area (Å²) in [5, 5.41) is 0. The molecule has 0 fully saturated rings. The molecule has 65 valence electrons. The van der Waals surface area contributed by atoms with Crippen LogP contribution in [0, 0.1) is 14.9 Å². The van der Waals surface area contributed by atoms with Gasteiger partial charge in [-0.2, -0.15) is 23.3 Å². The van der Waals surface area contributed by atoms with Crippen LogP contribution in [-0.2, 0) is 39.0 Å². The van der Waals surface area contributed by atoms with E-state index >= 15 is 0 Å². The third-order valence-corrected chi connectivity index (χ3v) is 2.15. The van der Waals surface area contributed by atoms with Gasteiger partial charge in [0.2, 0.25) is 0 Å². The van der Waals surface area contributed by atoms with Crippen molar-refractivity contribution in [2.45, 2.75) is 25.7 Å². The Morgan fingerprint density at radius 1 is 1.08 bits per heavy atom. The fourth-order valence-corrected chi connectivity index (χ4v) is 1.61. The molecule has 0 aromatic heterocycles. The topological polar surface area (TPSA) is 0 Å². The number of hydrogen-bond donors (Lipinski definition) is 0. The minimum Gasteiger partial charge on any atom is -0.358 e. The van der Waals surface area contributed by atoms with E-state index in [2.05, 4.69) is 18.2 Å². The molecule has 0 N–H and O–H groups in total. The third kappa shape index (κ3) is 2.94. The minimum atomic E-state index is 0. The van der Waals surface area contributed by atoms with E-state index in [0.29, 0.717) is 0 Å². The third-order valence-electron chi connectivity index (χ3n) is 2.15. The van der Waals surface area contributed by atoms with Crippen molar-refractivity contribution >= 4 is 0 Å². The Balaban J connectivity index is 0. The molecule has 0 saturated heterocycles. The normalized spacial score (nSPS) is 13.0. The largest absolute Gasteiger partial charge is 3.00 e. The van der Waals surface area contributed by atoms with Gasteiger partial charge in [0.05, 0.1) is 0 Å². The summed E-state index contributed by atoms with van der Waals surface area (Å²) in [5.41, 5.74) is 3.20. The molecule has 0 saturated carbocycles. The summed E-state index contributed by atoms with van der Waals surface area (Å²) in [7, 11) is 0. The van der Waals surface area contributed by atoms with Gasteiger partial charge in [-0.15, -0.1) is 0 Å². The molecule has 0 bridgehead atoms. The van der Waals surface area contributed by atoms with E-state index in [1.807, 2.05) is 0 Å². The average molecular weight is 240 g/mol. The van der Waals surface area contributed by atoms with Gasteiger partial charge >= 0.3 is 26.2 Å². The predicted octanol–water partition coefficient (Wildman–Crippen LogP) is 3.18. The van der Waals surface area contributed by atoms with Crippen LogP contribution in [0.1, 0.15) is 24.0 Å². The van der Waals surface area contributed by atoms with Crippen LogP contribution in [0.4, 0.5) is 0 Å². The Labute approximate surface area is 95.9 Å². The van der Waals surface area contributed by atoms with E-state index in [4.69, 9.17) is 0 Å². The van der Waals surface area contributed by atoms with Crippen LogP contribution in [-0.4, -0.2) is 0 Å². The van der Waals surface area contributed by atoms with Crippen LogP contribution in [0.25, 0.3) is 0 Å². The fraction of sp³-hybridized carbons (Fsp3) is 0.364. The maximum atomic E-state index is 2.26. The van der Waals surface area contributed by atoms with E-state index in [-0.39, 0.29) is 41.1 Å². The summed E-state index contributed by atoms with van der Waals surface area (Å²) in [4.78, 5) is 0. The van der Waals surface area contributed by atoms with Crippen LogP contribution >= 0.6 is 0 Å². The van der Waals surface area contributed by atoms with Gasteiger partial charge < -0.3 is 14.9 Å². The zero-order valence-electron chi connectivity index (χ0n) is 8.06. The summed E-state index contributed by atoms with van der Waals surface area (Å²) < 4.78 is 0. The first-order valence-corrected chi connectivity index (χ1v) is 3.70. The maximum absolute atomic E-state index is 2.26. The van der Waals surface area contributed by atoms with E-state index in [1.54, 1.807) is 11.1 Å². The number of aryl methyl sites for hydroxylation is 2. The molecular formula is C11H17Zr. The van der Waals surface area contributed by atoms with Crippen molar-refractivity contribution in [3.8, 4) is 0 Å². The predicted molar refractivity (Wildman–Crippen MR) is 51.5 cm³/mol. The van der Waals surface area contributed by atoms with Gasteiger partial charge in [0.15, 0.2) is 0 Å². The Hall–Kier alpha value is 0.233. The Kier molecular flexibility index (Phi) is 8.25. The number of rotatable bonds is 0. The van der Waals surface area contributed by atoms with E-state index < -0.39 is 0 Å². The first-order chi connectivity index (χ1) is 4.47. The number of fused-ring (bicyclic) bond motifs is 1. The maximum Gasteiger partial charge on any atom is 3.00 e. The van der Waals surface area contributed by atoms with Crippen LogP contribution in [0.5, 0.6) is 0 Å². The van der Waals surface area contributed by atoms with Crippen molar-refractivity contribution in [2.75, 3.05) is 0 Å². The molecule has 0 heterocycles.